The monoisotopic (exact) mass is 385 g/mol. The SMILES string of the molecule is COc1cc(C(=O)N2CCC(N)C(C)(C)C2)cc(NS(C)(=O)=O)c1OC. The number of nitrogens with zero attached hydrogens (tertiary/aromatic N) is 1. The van der Waals surface area contributed by atoms with E-state index in [1.165, 1.54) is 20.3 Å². The van der Waals surface area contributed by atoms with Gasteiger partial charge in [0.25, 0.3) is 5.91 Å². The van der Waals surface area contributed by atoms with Crippen molar-refractivity contribution < 1.29 is 22.7 Å². The Morgan fingerprint density at radius 2 is 1.96 bits per heavy atom. The highest BCUT2D eigenvalue weighted by molar-refractivity contribution is 7.92. The number of sulfonamides is 1. The van der Waals surface area contributed by atoms with Crippen LogP contribution in [-0.4, -0.2) is 58.8 Å². The summed E-state index contributed by atoms with van der Waals surface area (Å²) in [7, 11) is -0.721. The zero-order chi connectivity index (χ0) is 19.7. The van der Waals surface area contributed by atoms with Gasteiger partial charge in [-0.3, -0.25) is 9.52 Å². The number of likely N-dealkylation sites (tertiary alicyclic amines) is 1. The minimum atomic E-state index is -3.55. The number of nitrogens with one attached hydrogen (secondary N) is 1. The Morgan fingerprint density at radius 1 is 1.31 bits per heavy atom. The lowest BCUT2D eigenvalue weighted by atomic mass is 9.79. The molecule has 1 aromatic rings. The number of hydrogen-bond donors (Lipinski definition) is 2. The van der Waals surface area contributed by atoms with Crippen LogP contribution in [-0.2, 0) is 10.0 Å². The summed E-state index contributed by atoms with van der Waals surface area (Å²) < 4.78 is 36.2. The van der Waals surface area contributed by atoms with Gasteiger partial charge in [-0.1, -0.05) is 13.8 Å². The summed E-state index contributed by atoms with van der Waals surface area (Å²) in [5.41, 5.74) is 6.42. The molecule has 146 valence electrons. The Morgan fingerprint density at radius 3 is 2.46 bits per heavy atom. The molecule has 1 unspecified atom stereocenters. The topological polar surface area (TPSA) is 111 Å². The maximum Gasteiger partial charge on any atom is 0.254 e. The molecule has 0 radical (unpaired) electrons. The van der Waals surface area contributed by atoms with Crippen LogP contribution < -0.4 is 19.9 Å². The molecule has 2 rings (SSSR count). The van der Waals surface area contributed by atoms with Gasteiger partial charge in [0.1, 0.15) is 0 Å². The van der Waals surface area contributed by atoms with Crippen molar-refractivity contribution in [3.63, 3.8) is 0 Å². The number of hydrogen-bond acceptors (Lipinski definition) is 6. The van der Waals surface area contributed by atoms with Crippen molar-refractivity contribution in [3.05, 3.63) is 17.7 Å². The van der Waals surface area contributed by atoms with Gasteiger partial charge in [-0.05, 0) is 24.0 Å². The van der Waals surface area contributed by atoms with E-state index in [9.17, 15) is 13.2 Å². The first-order valence-electron chi connectivity index (χ1n) is 8.27. The number of carbonyl (C=O) groups is 1. The lowest BCUT2D eigenvalue weighted by Gasteiger charge is -2.42. The standard InChI is InChI=1S/C17H27N3O5S/c1-17(2)10-20(7-6-14(17)18)16(21)11-8-12(19-26(5,22)23)15(25-4)13(9-11)24-3/h8-9,14,19H,6-7,10,18H2,1-5H3. The van der Waals surface area contributed by atoms with Crippen LogP contribution in [0.5, 0.6) is 11.5 Å². The summed E-state index contributed by atoms with van der Waals surface area (Å²) in [5, 5.41) is 0. The Bertz CT molecular complexity index is 792. The molecule has 1 aliphatic rings. The Balaban J connectivity index is 2.42. The fraction of sp³-hybridized carbons (Fsp3) is 0.588. The van der Waals surface area contributed by atoms with E-state index in [1.807, 2.05) is 13.8 Å². The predicted octanol–water partition coefficient (Wildman–Crippen LogP) is 1.27. The molecule has 1 saturated heterocycles. The minimum absolute atomic E-state index is 0.0272. The molecule has 0 saturated carbocycles. The summed E-state index contributed by atoms with van der Waals surface area (Å²) in [6, 6.07) is 3.04. The smallest absolute Gasteiger partial charge is 0.254 e. The van der Waals surface area contributed by atoms with Gasteiger partial charge < -0.3 is 20.1 Å². The molecular weight excluding hydrogens is 358 g/mol. The molecule has 0 spiro atoms. The van der Waals surface area contributed by atoms with Crippen molar-refractivity contribution in [1.29, 1.82) is 0 Å². The Hall–Kier alpha value is -2.00. The Kier molecular flexibility index (Phi) is 5.72. The third-order valence-corrected chi connectivity index (χ3v) is 5.21. The van der Waals surface area contributed by atoms with Gasteiger partial charge >= 0.3 is 0 Å². The van der Waals surface area contributed by atoms with E-state index >= 15 is 0 Å². The summed E-state index contributed by atoms with van der Waals surface area (Å²) in [6.45, 7) is 5.13. The summed E-state index contributed by atoms with van der Waals surface area (Å²) in [6.07, 6.45) is 1.74. The fourth-order valence-corrected chi connectivity index (χ4v) is 3.64. The lowest BCUT2D eigenvalue weighted by Crippen LogP contribution is -2.54. The van der Waals surface area contributed by atoms with Crippen molar-refractivity contribution >= 4 is 21.6 Å². The molecule has 1 aliphatic heterocycles. The number of rotatable bonds is 5. The average Bonchev–Trinajstić information content (AvgIpc) is 2.54. The highest BCUT2D eigenvalue weighted by Crippen LogP contribution is 2.38. The van der Waals surface area contributed by atoms with Crippen LogP contribution in [0.3, 0.4) is 0 Å². The summed E-state index contributed by atoms with van der Waals surface area (Å²) in [5.74, 6) is 0.287. The molecule has 1 atom stereocenters. The first-order chi connectivity index (χ1) is 12.0. The van der Waals surface area contributed by atoms with Gasteiger partial charge in [-0.25, -0.2) is 8.42 Å². The van der Waals surface area contributed by atoms with Crippen LogP contribution in [0, 0.1) is 5.41 Å². The number of piperidine rings is 1. The molecule has 26 heavy (non-hydrogen) atoms. The van der Waals surface area contributed by atoms with E-state index in [2.05, 4.69) is 4.72 Å². The van der Waals surface area contributed by atoms with Crippen LogP contribution >= 0.6 is 0 Å². The molecule has 1 heterocycles. The molecule has 0 aliphatic carbocycles. The van der Waals surface area contributed by atoms with Crippen molar-refractivity contribution in [3.8, 4) is 11.5 Å². The van der Waals surface area contributed by atoms with Gasteiger partial charge in [0.15, 0.2) is 11.5 Å². The second kappa shape index (κ2) is 7.32. The zero-order valence-electron chi connectivity index (χ0n) is 15.8. The number of carbonyl (C=O) groups excluding carboxylic acids is 1. The van der Waals surface area contributed by atoms with Gasteiger partial charge in [0.2, 0.25) is 10.0 Å². The molecule has 0 bridgehead atoms. The van der Waals surface area contributed by atoms with Crippen molar-refractivity contribution in [2.75, 3.05) is 38.3 Å². The molecule has 1 aromatic carbocycles. The van der Waals surface area contributed by atoms with E-state index < -0.39 is 10.0 Å². The first-order valence-corrected chi connectivity index (χ1v) is 10.2. The molecule has 1 amide bonds. The maximum atomic E-state index is 13.0. The third-order valence-electron chi connectivity index (χ3n) is 4.62. The van der Waals surface area contributed by atoms with Crippen LogP contribution in [0.1, 0.15) is 30.6 Å². The molecule has 3 N–H and O–H groups in total. The quantitative estimate of drug-likeness (QED) is 0.790. The maximum absolute atomic E-state index is 13.0. The van der Waals surface area contributed by atoms with E-state index in [0.29, 0.717) is 25.1 Å². The van der Waals surface area contributed by atoms with Crippen LogP contribution in [0.4, 0.5) is 5.69 Å². The second-order valence-electron chi connectivity index (χ2n) is 7.24. The highest BCUT2D eigenvalue weighted by Gasteiger charge is 2.36. The molecule has 0 aromatic heterocycles. The molecule has 8 nitrogen and oxygen atoms in total. The summed E-state index contributed by atoms with van der Waals surface area (Å²) in [4.78, 5) is 14.7. The lowest BCUT2D eigenvalue weighted by molar-refractivity contribution is 0.0532. The molecule has 1 fully saturated rings. The van der Waals surface area contributed by atoms with Crippen LogP contribution in [0.25, 0.3) is 0 Å². The largest absolute Gasteiger partial charge is 0.493 e. The number of benzene rings is 1. The van der Waals surface area contributed by atoms with E-state index in [0.717, 1.165) is 6.26 Å². The van der Waals surface area contributed by atoms with Crippen molar-refractivity contribution in [2.24, 2.45) is 11.1 Å². The van der Waals surface area contributed by atoms with Crippen molar-refractivity contribution in [2.45, 2.75) is 26.3 Å². The number of methoxy groups -OCH3 is 2. The summed E-state index contributed by atoms with van der Waals surface area (Å²) >= 11 is 0. The van der Waals surface area contributed by atoms with Crippen LogP contribution in [0.15, 0.2) is 12.1 Å². The van der Waals surface area contributed by atoms with Gasteiger partial charge in [-0.2, -0.15) is 0 Å². The van der Waals surface area contributed by atoms with E-state index in [-0.39, 0.29) is 34.6 Å². The van der Waals surface area contributed by atoms with E-state index in [1.54, 1.807) is 11.0 Å². The normalized spacial score (nSPS) is 19.8. The van der Waals surface area contributed by atoms with E-state index in [4.69, 9.17) is 15.2 Å². The number of anilines is 1. The van der Waals surface area contributed by atoms with Crippen LogP contribution in [0.2, 0.25) is 0 Å². The molecular formula is C17H27N3O5S. The average molecular weight is 385 g/mol. The van der Waals surface area contributed by atoms with Crippen molar-refractivity contribution in [1.82, 2.24) is 4.90 Å². The highest BCUT2D eigenvalue weighted by atomic mass is 32.2. The first kappa shape index (κ1) is 20.3. The fourth-order valence-electron chi connectivity index (χ4n) is 3.09. The molecule has 9 heteroatoms. The zero-order valence-corrected chi connectivity index (χ0v) is 16.6. The Labute approximate surface area is 154 Å². The third kappa shape index (κ3) is 4.39. The van der Waals surface area contributed by atoms with Gasteiger partial charge in [0.05, 0.1) is 26.2 Å². The van der Waals surface area contributed by atoms with Gasteiger partial charge in [-0.15, -0.1) is 0 Å². The minimum Gasteiger partial charge on any atom is -0.493 e. The second-order valence-corrected chi connectivity index (χ2v) is 8.99. The predicted molar refractivity (Wildman–Crippen MR) is 100 cm³/mol. The number of nitrogens with two attached hydrogens (primary N) is 1. The number of amides is 1. The van der Waals surface area contributed by atoms with Gasteiger partial charge in [0, 0.05) is 24.7 Å². The number of ether oxygens (including phenoxy) is 2.